The van der Waals surface area contributed by atoms with Gasteiger partial charge >= 0.3 is 0 Å². The molecule has 0 aliphatic heterocycles. The molecule has 18 heavy (non-hydrogen) atoms. The Labute approximate surface area is 113 Å². The Morgan fingerprint density at radius 2 is 2.28 bits per heavy atom. The number of aryl methyl sites for hydroxylation is 2. The monoisotopic (exact) mass is 278 g/mol. The summed E-state index contributed by atoms with van der Waals surface area (Å²) in [5, 5.41) is 3.73. The van der Waals surface area contributed by atoms with Crippen LogP contribution in [0, 0.1) is 0 Å². The first-order valence-electron chi connectivity index (χ1n) is 5.54. The normalized spacial score (nSPS) is 11.2. The fraction of sp³-hybridized carbons (Fsp3) is 0.167. The molecular formula is C12H11ClN4S. The lowest BCUT2D eigenvalue weighted by Gasteiger charge is -2.05. The van der Waals surface area contributed by atoms with Crippen LogP contribution in [-0.2, 0) is 13.0 Å². The molecule has 2 N–H and O–H groups in total. The summed E-state index contributed by atoms with van der Waals surface area (Å²) in [6, 6.07) is 5.64. The largest absolute Gasteiger partial charge is 0.369 e. The van der Waals surface area contributed by atoms with Crippen LogP contribution in [0.4, 0.5) is 5.95 Å². The maximum Gasteiger partial charge on any atom is 0.201 e. The zero-order chi connectivity index (χ0) is 12.5. The van der Waals surface area contributed by atoms with E-state index in [4.69, 9.17) is 17.3 Å². The standard InChI is InChI=1S/C12H11ClN4S/c13-8-2-1-3-9-11(8)17(12(14)16-9)6-4-10-15-5-7-18-10/h1-3,5,7H,4,6H2,(H2,14,16). The number of imidazole rings is 1. The number of para-hydroxylation sites is 1. The third-order valence-corrected chi connectivity index (χ3v) is 3.92. The summed E-state index contributed by atoms with van der Waals surface area (Å²) in [4.78, 5) is 8.57. The van der Waals surface area contributed by atoms with Crippen molar-refractivity contribution < 1.29 is 0 Å². The Kier molecular flexibility index (Phi) is 2.93. The Hall–Kier alpha value is -1.59. The molecule has 0 radical (unpaired) electrons. The molecule has 2 aromatic heterocycles. The molecule has 3 aromatic rings. The molecule has 6 heteroatoms. The van der Waals surface area contributed by atoms with Gasteiger partial charge in [-0.3, -0.25) is 0 Å². The molecular weight excluding hydrogens is 268 g/mol. The zero-order valence-corrected chi connectivity index (χ0v) is 11.1. The number of nitrogens with two attached hydrogens (primary N) is 1. The highest BCUT2D eigenvalue weighted by Crippen LogP contribution is 2.25. The highest BCUT2D eigenvalue weighted by atomic mass is 35.5. The van der Waals surface area contributed by atoms with Gasteiger partial charge in [0.15, 0.2) is 0 Å². The van der Waals surface area contributed by atoms with Crippen molar-refractivity contribution in [3.8, 4) is 0 Å². The molecule has 0 amide bonds. The van der Waals surface area contributed by atoms with E-state index in [2.05, 4.69) is 9.97 Å². The van der Waals surface area contributed by atoms with Crippen molar-refractivity contribution in [2.45, 2.75) is 13.0 Å². The second kappa shape index (κ2) is 4.59. The van der Waals surface area contributed by atoms with E-state index in [-0.39, 0.29) is 0 Å². The molecule has 0 atom stereocenters. The summed E-state index contributed by atoms with van der Waals surface area (Å²) >= 11 is 7.85. The fourth-order valence-corrected chi connectivity index (χ4v) is 2.85. The van der Waals surface area contributed by atoms with Crippen LogP contribution in [0.1, 0.15) is 5.01 Å². The quantitative estimate of drug-likeness (QED) is 0.801. The van der Waals surface area contributed by atoms with E-state index in [9.17, 15) is 0 Å². The lowest BCUT2D eigenvalue weighted by Crippen LogP contribution is -2.05. The van der Waals surface area contributed by atoms with Gasteiger partial charge in [-0.05, 0) is 12.1 Å². The average Bonchev–Trinajstić information content (AvgIpc) is 2.94. The Morgan fingerprint density at radius 3 is 3.06 bits per heavy atom. The SMILES string of the molecule is Nc1nc2cccc(Cl)c2n1CCc1nccs1. The third-order valence-electron chi connectivity index (χ3n) is 2.78. The second-order valence-electron chi connectivity index (χ2n) is 3.91. The van der Waals surface area contributed by atoms with E-state index in [1.54, 1.807) is 11.3 Å². The van der Waals surface area contributed by atoms with Crippen molar-refractivity contribution in [1.29, 1.82) is 0 Å². The van der Waals surface area contributed by atoms with Gasteiger partial charge in [0.1, 0.15) is 0 Å². The molecule has 1 aromatic carbocycles. The molecule has 4 nitrogen and oxygen atoms in total. The molecule has 3 rings (SSSR count). The molecule has 92 valence electrons. The van der Waals surface area contributed by atoms with Crippen LogP contribution >= 0.6 is 22.9 Å². The van der Waals surface area contributed by atoms with E-state index in [1.807, 2.05) is 34.3 Å². The molecule has 0 saturated carbocycles. The van der Waals surface area contributed by atoms with E-state index in [0.717, 1.165) is 29.0 Å². The van der Waals surface area contributed by atoms with Gasteiger partial charge in [0.05, 0.1) is 21.1 Å². The summed E-state index contributed by atoms with van der Waals surface area (Å²) in [5.41, 5.74) is 7.67. The van der Waals surface area contributed by atoms with E-state index in [0.29, 0.717) is 11.0 Å². The molecule has 0 spiro atoms. The van der Waals surface area contributed by atoms with Crippen LogP contribution in [0.15, 0.2) is 29.8 Å². The van der Waals surface area contributed by atoms with Crippen LogP contribution in [0.5, 0.6) is 0 Å². The van der Waals surface area contributed by atoms with Crippen molar-refractivity contribution in [3.63, 3.8) is 0 Å². The van der Waals surface area contributed by atoms with Crippen LogP contribution in [0.2, 0.25) is 5.02 Å². The number of nitrogen functional groups attached to an aromatic ring is 1. The van der Waals surface area contributed by atoms with Gasteiger partial charge in [-0.2, -0.15) is 0 Å². The number of anilines is 1. The lowest BCUT2D eigenvalue weighted by atomic mass is 10.3. The van der Waals surface area contributed by atoms with Gasteiger partial charge in [-0.1, -0.05) is 17.7 Å². The Balaban J connectivity index is 1.98. The van der Waals surface area contributed by atoms with Gasteiger partial charge in [-0.25, -0.2) is 9.97 Å². The number of rotatable bonds is 3. The summed E-state index contributed by atoms with van der Waals surface area (Å²) in [6.07, 6.45) is 2.64. The Bertz CT molecular complexity index is 675. The first-order valence-corrected chi connectivity index (χ1v) is 6.80. The Morgan fingerprint density at radius 1 is 1.39 bits per heavy atom. The predicted molar refractivity (Wildman–Crippen MR) is 75.0 cm³/mol. The van der Waals surface area contributed by atoms with E-state index < -0.39 is 0 Å². The molecule has 0 saturated heterocycles. The number of hydrogen-bond acceptors (Lipinski definition) is 4. The van der Waals surface area contributed by atoms with Crippen LogP contribution < -0.4 is 5.73 Å². The third kappa shape index (κ3) is 1.95. The van der Waals surface area contributed by atoms with Gasteiger partial charge in [-0.15, -0.1) is 11.3 Å². The van der Waals surface area contributed by atoms with E-state index >= 15 is 0 Å². The summed E-state index contributed by atoms with van der Waals surface area (Å²) in [5.74, 6) is 0.495. The van der Waals surface area contributed by atoms with Crippen molar-refractivity contribution in [1.82, 2.24) is 14.5 Å². The minimum absolute atomic E-state index is 0.495. The molecule has 0 aliphatic rings. The maximum absolute atomic E-state index is 6.21. The number of thiazole rings is 1. The van der Waals surface area contributed by atoms with Crippen molar-refractivity contribution in [2.75, 3.05) is 5.73 Å². The topological polar surface area (TPSA) is 56.7 Å². The number of halogens is 1. The van der Waals surface area contributed by atoms with E-state index in [1.165, 1.54) is 0 Å². The minimum Gasteiger partial charge on any atom is -0.369 e. The highest BCUT2D eigenvalue weighted by molar-refractivity contribution is 7.09. The van der Waals surface area contributed by atoms with Crippen LogP contribution in [-0.4, -0.2) is 14.5 Å². The zero-order valence-electron chi connectivity index (χ0n) is 9.51. The average molecular weight is 279 g/mol. The molecule has 0 fully saturated rings. The molecule has 0 unspecified atom stereocenters. The smallest absolute Gasteiger partial charge is 0.201 e. The number of aromatic nitrogens is 3. The first kappa shape index (κ1) is 11.5. The maximum atomic E-state index is 6.21. The molecule has 0 aliphatic carbocycles. The van der Waals surface area contributed by atoms with Crippen molar-refractivity contribution >= 4 is 39.9 Å². The first-order chi connectivity index (χ1) is 8.75. The van der Waals surface area contributed by atoms with Gasteiger partial charge in [0.25, 0.3) is 0 Å². The highest BCUT2D eigenvalue weighted by Gasteiger charge is 2.11. The van der Waals surface area contributed by atoms with Gasteiger partial charge < -0.3 is 10.3 Å². The summed E-state index contributed by atoms with van der Waals surface area (Å²) in [6.45, 7) is 0.736. The summed E-state index contributed by atoms with van der Waals surface area (Å²) in [7, 11) is 0. The second-order valence-corrected chi connectivity index (χ2v) is 5.29. The molecule has 0 bridgehead atoms. The number of hydrogen-bond donors (Lipinski definition) is 1. The number of nitrogens with zero attached hydrogens (tertiary/aromatic N) is 3. The van der Waals surface area contributed by atoms with Crippen LogP contribution in [0.25, 0.3) is 11.0 Å². The number of fused-ring (bicyclic) bond motifs is 1. The summed E-state index contributed by atoms with van der Waals surface area (Å²) < 4.78 is 1.94. The lowest BCUT2D eigenvalue weighted by molar-refractivity contribution is 0.723. The molecule has 2 heterocycles. The van der Waals surface area contributed by atoms with Gasteiger partial charge in [0.2, 0.25) is 5.95 Å². The van der Waals surface area contributed by atoms with Crippen molar-refractivity contribution in [3.05, 3.63) is 39.8 Å². The number of benzene rings is 1. The minimum atomic E-state index is 0.495. The van der Waals surface area contributed by atoms with Crippen LogP contribution in [0.3, 0.4) is 0 Å². The fourth-order valence-electron chi connectivity index (χ4n) is 1.97. The van der Waals surface area contributed by atoms with Gasteiger partial charge in [0, 0.05) is 24.5 Å². The van der Waals surface area contributed by atoms with Crippen molar-refractivity contribution in [2.24, 2.45) is 0 Å². The predicted octanol–water partition coefficient (Wildman–Crippen LogP) is 2.97.